The lowest BCUT2D eigenvalue weighted by atomic mass is 10.1. The zero-order chi connectivity index (χ0) is 14.2. The molecule has 0 aromatic carbocycles. The molecule has 3 heterocycles. The van der Waals surface area contributed by atoms with Gasteiger partial charge in [0.1, 0.15) is 5.82 Å². The minimum Gasteiger partial charge on any atom is -0.333 e. The maximum Gasteiger partial charge on any atom is 0.258 e. The molecule has 1 N–H and O–H groups in total. The zero-order valence-electron chi connectivity index (χ0n) is 11.2. The predicted octanol–water partition coefficient (Wildman–Crippen LogP) is 0.880. The molecular formula is C13H16N4O2S. The van der Waals surface area contributed by atoms with E-state index in [1.54, 1.807) is 12.1 Å². The van der Waals surface area contributed by atoms with Gasteiger partial charge in [-0.1, -0.05) is 6.07 Å². The summed E-state index contributed by atoms with van der Waals surface area (Å²) >= 11 is 0. The number of pyridine rings is 1. The maximum atomic E-state index is 12.2. The minimum absolute atomic E-state index is 0.0626. The summed E-state index contributed by atoms with van der Waals surface area (Å²) in [5.74, 6) is 1.02. The first-order valence-corrected chi connectivity index (χ1v) is 7.99. The van der Waals surface area contributed by atoms with Gasteiger partial charge < -0.3 is 4.57 Å². The van der Waals surface area contributed by atoms with Crippen LogP contribution in [0.25, 0.3) is 0 Å². The summed E-state index contributed by atoms with van der Waals surface area (Å²) < 4.78 is 29.2. The van der Waals surface area contributed by atoms with Crippen molar-refractivity contribution in [3.05, 3.63) is 42.1 Å². The van der Waals surface area contributed by atoms with Gasteiger partial charge in [-0.3, -0.25) is 0 Å². The molecule has 7 heteroatoms. The number of hydrogen-bond acceptors (Lipinski definition) is 4. The van der Waals surface area contributed by atoms with Crippen LogP contribution in [0.2, 0.25) is 0 Å². The second-order valence-electron chi connectivity index (χ2n) is 4.98. The van der Waals surface area contributed by atoms with Crippen LogP contribution < -0.4 is 4.72 Å². The summed E-state index contributed by atoms with van der Waals surface area (Å²) in [5, 5.41) is 0.0626. The first-order chi connectivity index (χ1) is 9.54. The zero-order valence-corrected chi connectivity index (χ0v) is 12.0. The van der Waals surface area contributed by atoms with Crippen molar-refractivity contribution in [3.63, 3.8) is 0 Å². The molecule has 1 atom stereocenters. The molecule has 2 aromatic heterocycles. The highest BCUT2D eigenvalue weighted by Gasteiger charge is 2.25. The van der Waals surface area contributed by atoms with E-state index in [1.807, 2.05) is 17.7 Å². The molecule has 0 bridgehead atoms. The van der Waals surface area contributed by atoms with Gasteiger partial charge in [-0.2, -0.15) is 0 Å². The van der Waals surface area contributed by atoms with Gasteiger partial charge in [0.2, 0.25) is 0 Å². The number of nitrogens with one attached hydrogen (secondary N) is 1. The summed E-state index contributed by atoms with van der Waals surface area (Å²) in [5.41, 5.74) is 0.966. The molecular weight excluding hydrogens is 276 g/mol. The van der Waals surface area contributed by atoms with Crippen LogP contribution in [-0.2, 0) is 23.0 Å². The third-order valence-electron chi connectivity index (χ3n) is 3.35. The smallest absolute Gasteiger partial charge is 0.258 e. The van der Waals surface area contributed by atoms with Crippen molar-refractivity contribution < 1.29 is 8.42 Å². The maximum absolute atomic E-state index is 12.2. The van der Waals surface area contributed by atoms with Crippen molar-refractivity contribution in [1.29, 1.82) is 0 Å². The van der Waals surface area contributed by atoms with E-state index in [1.165, 1.54) is 12.3 Å². The third-order valence-corrected chi connectivity index (χ3v) is 4.78. The fourth-order valence-electron chi connectivity index (χ4n) is 2.47. The van der Waals surface area contributed by atoms with E-state index >= 15 is 0 Å². The van der Waals surface area contributed by atoms with Gasteiger partial charge in [0, 0.05) is 31.4 Å². The van der Waals surface area contributed by atoms with Crippen LogP contribution in [0, 0.1) is 6.92 Å². The Morgan fingerprint density at radius 1 is 1.40 bits per heavy atom. The SMILES string of the molecule is Cc1cn2c(n1)CC[C@H](NS(=O)(=O)c1ccccn1)C2. The number of sulfonamides is 1. The largest absolute Gasteiger partial charge is 0.333 e. The molecule has 6 nitrogen and oxygen atoms in total. The number of aryl methyl sites for hydroxylation is 2. The molecule has 0 unspecified atom stereocenters. The number of imidazole rings is 1. The Morgan fingerprint density at radius 3 is 3.00 bits per heavy atom. The molecule has 1 aliphatic rings. The van der Waals surface area contributed by atoms with Crippen LogP contribution in [0.3, 0.4) is 0 Å². The second-order valence-corrected chi connectivity index (χ2v) is 6.64. The molecule has 0 amide bonds. The topological polar surface area (TPSA) is 76.9 Å². The van der Waals surface area contributed by atoms with Crippen molar-refractivity contribution in [2.45, 2.75) is 37.4 Å². The summed E-state index contributed by atoms with van der Waals surface area (Å²) in [6, 6.07) is 4.74. The Bertz CT molecular complexity index is 709. The van der Waals surface area contributed by atoms with Crippen LogP contribution in [0.4, 0.5) is 0 Å². The average molecular weight is 292 g/mol. The number of fused-ring (bicyclic) bond motifs is 1. The molecule has 2 aromatic rings. The first-order valence-electron chi connectivity index (χ1n) is 6.50. The lowest BCUT2D eigenvalue weighted by Gasteiger charge is -2.24. The van der Waals surface area contributed by atoms with Crippen molar-refractivity contribution >= 4 is 10.0 Å². The van der Waals surface area contributed by atoms with Crippen molar-refractivity contribution in [2.24, 2.45) is 0 Å². The highest BCUT2D eigenvalue weighted by atomic mass is 32.2. The molecule has 0 radical (unpaired) electrons. The summed E-state index contributed by atoms with van der Waals surface area (Å²) in [6.07, 6.45) is 4.97. The molecule has 0 aliphatic carbocycles. The lowest BCUT2D eigenvalue weighted by molar-refractivity contribution is 0.420. The summed E-state index contributed by atoms with van der Waals surface area (Å²) in [6.45, 7) is 2.56. The van der Waals surface area contributed by atoms with Crippen LogP contribution in [0.5, 0.6) is 0 Å². The van der Waals surface area contributed by atoms with Gasteiger partial charge >= 0.3 is 0 Å². The van der Waals surface area contributed by atoms with E-state index in [4.69, 9.17) is 0 Å². The molecule has 0 saturated carbocycles. The summed E-state index contributed by atoms with van der Waals surface area (Å²) in [7, 11) is -3.55. The molecule has 1 aliphatic heterocycles. The van der Waals surface area contributed by atoms with Crippen LogP contribution in [0.1, 0.15) is 17.9 Å². The third kappa shape index (κ3) is 2.59. The predicted molar refractivity (Wildman–Crippen MR) is 73.6 cm³/mol. The van der Waals surface area contributed by atoms with E-state index in [2.05, 4.69) is 14.7 Å². The number of nitrogens with zero attached hydrogens (tertiary/aromatic N) is 3. The Hall–Kier alpha value is -1.73. The molecule has 106 valence electrons. The Balaban J connectivity index is 1.77. The summed E-state index contributed by atoms with van der Waals surface area (Å²) in [4.78, 5) is 8.31. The second kappa shape index (κ2) is 4.99. The molecule has 20 heavy (non-hydrogen) atoms. The van der Waals surface area contributed by atoms with Crippen LogP contribution in [-0.4, -0.2) is 29.0 Å². The average Bonchev–Trinajstić information content (AvgIpc) is 2.79. The van der Waals surface area contributed by atoms with Crippen molar-refractivity contribution in [2.75, 3.05) is 0 Å². The van der Waals surface area contributed by atoms with Crippen LogP contribution in [0.15, 0.2) is 35.6 Å². The fraction of sp³-hybridized carbons (Fsp3) is 0.385. The van der Waals surface area contributed by atoms with Gasteiger partial charge in [-0.05, 0) is 25.5 Å². The molecule has 0 spiro atoms. The first kappa shape index (κ1) is 13.3. The minimum atomic E-state index is -3.55. The number of aromatic nitrogens is 3. The van der Waals surface area contributed by atoms with E-state index < -0.39 is 10.0 Å². The Morgan fingerprint density at radius 2 is 2.25 bits per heavy atom. The van der Waals surface area contributed by atoms with E-state index in [9.17, 15) is 8.42 Å². The highest BCUT2D eigenvalue weighted by molar-refractivity contribution is 7.89. The lowest BCUT2D eigenvalue weighted by Crippen LogP contribution is -2.41. The van der Waals surface area contributed by atoms with Gasteiger partial charge in [0.25, 0.3) is 10.0 Å². The monoisotopic (exact) mass is 292 g/mol. The number of rotatable bonds is 3. The quantitative estimate of drug-likeness (QED) is 0.911. The van der Waals surface area contributed by atoms with E-state index in [0.717, 1.165) is 24.4 Å². The molecule has 0 fully saturated rings. The van der Waals surface area contributed by atoms with Gasteiger partial charge in [0.05, 0.1) is 5.69 Å². The molecule has 0 saturated heterocycles. The molecule has 3 rings (SSSR count). The van der Waals surface area contributed by atoms with E-state index in [0.29, 0.717) is 6.54 Å². The Labute approximate surface area is 117 Å². The van der Waals surface area contributed by atoms with Crippen LogP contribution >= 0.6 is 0 Å². The van der Waals surface area contributed by atoms with E-state index in [-0.39, 0.29) is 11.1 Å². The van der Waals surface area contributed by atoms with Gasteiger partial charge in [0.15, 0.2) is 5.03 Å². The fourth-order valence-corrected chi connectivity index (χ4v) is 3.68. The van der Waals surface area contributed by atoms with Gasteiger partial charge in [-0.15, -0.1) is 0 Å². The van der Waals surface area contributed by atoms with Crippen molar-refractivity contribution in [3.8, 4) is 0 Å². The number of hydrogen-bond donors (Lipinski definition) is 1. The standard InChI is InChI=1S/C13H16N4O2S/c1-10-8-17-9-11(5-6-12(17)15-10)16-20(18,19)13-4-2-3-7-14-13/h2-4,7-8,11,16H,5-6,9H2,1H3/t11-/m0/s1. The van der Waals surface area contributed by atoms with Gasteiger partial charge in [-0.25, -0.2) is 23.1 Å². The van der Waals surface area contributed by atoms with Crippen molar-refractivity contribution in [1.82, 2.24) is 19.3 Å². The normalized spacial score (nSPS) is 18.8. The highest BCUT2D eigenvalue weighted by Crippen LogP contribution is 2.16. The Kier molecular flexibility index (Phi) is 3.31.